The van der Waals surface area contributed by atoms with Gasteiger partial charge in [-0.2, -0.15) is 5.26 Å². The van der Waals surface area contributed by atoms with Gasteiger partial charge in [-0.25, -0.2) is 0 Å². The maximum Gasteiger partial charge on any atom is 0.0998 e. The van der Waals surface area contributed by atoms with E-state index in [9.17, 15) is 5.26 Å². The first kappa shape index (κ1) is 15.0. The number of allylic oxidation sites excluding steroid dienone is 1. The van der Waals surface area contributed by atoms with Gasteiger partial charge in [0.15, 0.2) is 0 Å². The number of benzene rings is 2. The van der Waals surface area contributed by atoms with Gasteiger partial charge in [0, 0.05) is 12.0 Å². The fourth-order valence-electron chi connectivity index (χ4n) is 2.11. The minimum Gasteiger partial charge on any atom is -0.330 e. The Morgan fingerprint density at radius 1 is 1.10 bits per heavy atom. The van der Waals surface area contributed by atoms with Crippen LogP contribution in [0.1, 0.15) is 30.5 Å². The van der Waals surface area contributed by atoms with Crippen LogP contribution in [0.15, 0.2) is 54.6 Å². The molecule has 0 aromatic heterocycles. The van der Waals surface area contributed by atoms with Crippen LogP contribution < -0.4 is 5.73 Å². The zero-order chi connectivity index (χ0) is 15.3. The number of rotatable bonds is 4. The Kier molecular flexibility index (Phi) is 4.57. The summed E-state index contributed by atoms with van der Waals surface area (Å²) in [5, 5.41) is 9.38. The normalized spacial score (nSPS) is 12.0. The number of hydrogen-bond donors (Lipinski definition) is 1. The molecular weight excluding hydrogens is 256 g/mol. The minimum absolute atomic E-state index is 0.0471. The summed E-state index contributed by atoms with van der Waals surface area (Å²) in [4.78, 5) is 0. The molecule has 0 spiro atoms. The molecule has 0 amide bonds. The van der Waals surface area contributed by atoms with Crippen LogP contribution in [-0.4, -0.2) is 6.54 Å². The van der Waals surface area contributed by atoms with Crippen LogP contribution in [-0.2, 0) is 5.41 Å². The monoisotopic (exact) mass is 276 g/mol. The zero-order valence-corrected chi connectivity index (χ0v) is 12.5. The Morgan fingerprint density at radius 3 is 2.24 bits per heavy atom. The highest BCUT2D eigenvalue weighted by atomic mass is 14.6. The van der Waals surface area contributed by atoms with Crippen molar-refractivity contribution in [3.63, 3.8) is 0 Å². The average Bonchev–Trinajstić information content (AvgIpc) is 2.54. The molecule has 0 fully saturated rings. The molecule has 2 nitrogen and oxygen atoms in total. The topological polar surface area (TPSA) is 49.8 Å². The third-order valence-corrected chi connectivity index (χ3v) is 3.72. The van der Waals surface area contributed by atoms with E-state index in [2.05, 4.69) is 32.0 Å². The van der Waals surface area contributed by atoms with Gasteiger partial charge < -0.3 is 5.73 Å². The van der Waals surface area contributed by atoms with Crippen LogP contribution in [0, 0.1) is 11.3 Å². The predicted molar refractivity (Wildman–Crippen MR) is 88.4 cm³/mol. The SMILES string of the molecule is CC(C)(CN)c1ccc(/C(C#N)=C/c2ccccc2)cc1. The maximum atomic E-state index is 9.38. The van der Waals surface area contributed by atoms with E-state index < -0.39 is 0 Å². The van der Waals surface area contributed by atoms with Crippen LogP contribution in [0.25, 0.3) is 11.6 Å². The molecular formula is C19H20N2. The van der Waals surface area contributed by atoms with Gasteiger partial charge in [-0.15, -0.1) is 0 Å². The minimum atomic E-state index is -0.0471. The van der Waals surface area contributed by atoms with E-state index >= 15 is 0 Å². The number of nitrogens with two attached hydrogens (primary N) is 1. The number of nitrogens with zero attached hydrogens (tertiary/aromatic N) is 1. The number of nitriles is 1. The van der Waals surface area contributed by atoms with E-state index in [0.717, 1.165) is 11.1 Å². The lowest BCUT2D eigenvalue weighted by Gasteiger charge is -2.23. The zero-order valence-electron chi connectivity index (χ0n) is 12.5. The molecule has 2 N–H and O–H groups in total. The second-order valence-corrected chi connectivity index (χ2v) is 5.75. The molecule has 0 unspecified atom stereocenters. The Morgan fingerprint density at radius 2 is 1.71 bits per heavy atom. The van der Waals surface area contributed by atoms with E-state index in [0.29, 0.717) is 12.1 Å². The van der Waals surface area contributed by atoms with Crippen molar-refractivity contribution in [3.8, 4) is 6.07 Å². The first-order valence-electron chi connectivity index (χ1n) is 7.04. The largest absolute Gasteiger partial charge is 0.330 e. The first-order valence-corrected chi connectivity index (χ1v) is 7.04. The summed E-state index contributed by atoms with van der Waals surface area (Å²) in [6, 6.07) is 20.2. The van der Waals surface area contributed by atoms with Crippen molar-refractivity contribution < 1.29 is 0 Å². The molecule has 2 heteroatoms. The third-order valence-electron chi connectivity index (χ3n) is 3.72. The van der Waals surface area contributed by atoms with Crippen LogP contribution >= 0.6 is 0 Å². The molecule has 106 valence electrons. The number of hydrogen-bond acceptors (Lipinski definition) is 2. The van der Waals surface area contributed by atoms with Crippen molar-refractivity contribution in [2.75, 3.05) is 6.54 Å². The van der Waals surface area contributed by atoms with Gasteiger partial charge in [0.05, 0.1) is 11.6 Å². The molecule has 0 aliphatic heterocycles. The van der Waals surface area contributed by atoms with Crippen molar-refractivity contribution in [2.24, 2.45) is 5.73 Å². The van der Waals surface area contributed by atoms with E-state index in [4.69, 9.17) is 5.73 Å². The van der Waals surface area contributed by atoms with Crippen molar-refractivity contribution in [2.45, 2.75) is 19.3 Å². The molecule has 0 radical (unpaired) electrons. The summed E-state index contributed by atoms with van der Waals surface area (Å²) >= 11 is 0. The van der Waals surface area contributed by atoms with Gasteiger partial charge >= 0.3 is 0 Å². The van der Waals surface area contributed by atoms with Crippen molar-refractivity contribution in [3.05, 3.63) is 71.3 Å². The van der Waals surface area contributed by atoms with Crippen molar-refractivity contribution in [1.82, 2.24) is 0 Å². The van der Waals surface area contributed by atoms with Crippen LogP contribution in [0.4, 0.5) is 0 Å². The summed E-state index contributed by atoms with van der Waals surface area (Å²) in [6.07, 6.45) is 1.91. The Hall–Kier alpha value is -2.37. The summed E-state index contributed by atoms with van der Waals surface area (Å²) in [5.74, 6) is 0. The molecule has 2 rings (SSSR count). The Bertz CT molecular complexity index is 659. The molecule has 21 heavy (non-hydrogen) atoms. The summed E-state index contributed by atoms with van der Waals surface area (Å²) < 4.78 is 0. The third kappa shape index (κ3) is 3.59. The molecule has 2 aromatic rings. The summed E-state index contributed by atoms with van der Waals surface area (Å²) in [6.45, 7) is 4.83. The lowest BCUT2D eigenvalue weighted by atomic mass is 9.84. The first-order chi connectivity index (χ1) is 10.1. The van der Waals surface area contributed by atoms with Gasteiger partial charge in [-0.3, -0.25) is 0 Å². The Labute approximate surface area is 126 Å². The predicted octanol–water partition coefficient (Wildman–Crippen LogP) is 3.99. The maximum absolute atomic E-state index is 9.38. The quantitative estimate of drug-likeness (QED) is 0.678. The van der Waals surface area contributed by atoms with Gasteiger partial charge in [-0.05, 0) is 22.8 Å². The van der Waals surface area contributed by atoms with Crippen LogP contribution in [0.5, 0.6) is 0 Å². The van der Waals surface area contributed by atoms with E-state index in [1.165, 1.54) is 5.56 Å². The summed E-state index contributed by atoms with van der Waals surface area (Å²) in [7, 11) is 0. The molecule has 0 heterocycles. The lowest BCUT2D eigenvalue weighted by molar-refractivity contribution is 0.539. The van der Waals surface area contributed by atoms with Gasteiger partial charge in [0.25, 0.3) is 0 Å². The molecule has 0 saturated heterocycles. The fraction of sp³-hybridized carbons (Fsp3) is 0.211. The van der Waals surface area contributed by atoms with Gasteiger partial charge in [0.2, 0.25) is 0 Å². The van der Waals surface area contributed by atoms with Crippen molar-refractivity contribution in [1.29, 1.82) is 5.26 Å². The fourth-order valence-corrected chi connectivity index (χ4v) is 2.11. The molecule has 0 bridgehead atoms. The van der Waals surface area contributed by atoms with Crippen LogP contribution in [0.2, 0.25) is 0 Å². The highest BCUT2D eigenvalue weighted by molar-refractivity contribution is 5.89. The Balaban J connectivity index is 2.33. The van der Waals surface area contributed by atoms with Crippen LogP contribution in [0.3, 0.4) is 0 Å². The standard InChI is InChI=1S/C19H20N2/c1-19(2,14-21)18-10-8-16(9-11-18)17(13-20)12-15-6-4-3-5-7-15/h3-12H,14,21H2,1-2H3/b17-12+. The van der Waals surface area contributed by atoms with Gasteiger partial charge in [-0.1, -0.05) is 68.4 Å². The average molecular weight is 276 g/mol. The smallest absolute Gasteiger partial charge is 0.0998 e. The van der Waals surface area contributed by atoms with Gasteiger partial charge in [0.1, 0.15) is 0 Å². The molecule has 0 aliphatic carbocycles. The highest BCUT2D eigenvalue weighted by Crippen LogP contribution is 2.24. The molecule has 0 aliphatic rings. The molecule has 0 saturated carbocycles. The van der Waals surface area contributed by atoms with E-state index in [1.807, 2.05) is 48.5 Å². The van der Waals surface area contributed by atoms with Crippen molar-refractivity contribution >= 4 is 11.6 Å². The highest BCUT2D eigenvalue weighted by Gasteiger charge is 2.18. The molecule has 0 atom stereocenters. The second-order valence-electron chi connectivity index (χ2n) is 5.75. The second kappa shape index (κ2) is 6.39. The molecule has 2 aromatic carbocycles. The van der Waals surface area contributed by atoms with E-state index in [1.54, 1.807) is 0 Å². The van der Waals surface area contributed by atoms with E-state index in [-0.39, 0.29) is 5.41 Å². The lowest BCUT2D eigenvalue weighted by Crippen LogP contribution is -2.27. The summed E-state index contributed by atoms with van der Waals surface area (Å²) in [5.41, 5.74) is 9.56.